The fourth-order valence-electron chi connectivity index (χ4n) is 2.01. The van der Waals surface area contributed by atoms with Crippen LogP contribution in [0, 0.1) is 0 Å². The van der Waals surface area contributed by atoms with E-state index in [1.54, 1.807) is 11.8 Å². The average Bonchev–Trinajstić information content (AvgIpc) is 2.36. The van der Waals surface area contributed by atoms with Crippen molar-refractivity contribution in [1.82, 2.24) is 4.90 Å². The largest absolute Gasteiger partial charge is 0.322 e. The third-order valence-corrected chi connectivity index (χ3v) is 6.17. The molecule has 7 heteroatoms. The molecule has 0 saturated carbocycles. The molecule has 2 N–H and O–H groups in total. The molecule has 1 saturated heterocycles. The highest BCUT2D eigenvalue weighted by Gasteiger charge is 2.41. The molecular formula is C11H22N2O3S2. The molecule has 1 aliphatic rings. The van der Waals surface area contributed by atoms with E-state index in [4.69, 9.17) is 5.73 Å². The molecule has 0 spiro atoms. The Morgan fingerprint density at radius 2 is 2.00 bits per heavy atom. The van der Waals surface area contributed by atoms with Crippen LogP contribution in [0.25, 0.3) is 0 Å². The number of carbonyl (C=O) groups is 1. The Balaban J connectivity index is 3.01. The maximum Gasteiger partial charge on any atom is 0.243 e. The van der Waals surface area contributed by atoms with Crippen molar-refractivity contribution in [1.29, 1.82) is 0 Å². The molecule has 0 radical (unpaired) electrons. The van der Waals surface area contributed by atoms with Crippen molar-refractivity contribution < 1.29 is 13.2 Å². The van der Waals surface area contributed by atoms with Crippen LogP contribution in [-0.2, 0) is 14.6 Å². The normalized spacial score (nSPS) is 22.0. The average molecular weight is 294 g/mol. The highest BCUT2D eigenvalue weighted by atomic mass is 32.2. The summed E-state index contributed by atoms with van der Waals surface area (Å²) in [6, 6.07) is 0. The number of nitrogens with two attached hydrogens (primary N) is 1. The Bertz CT molecular complexity index is 405. The smallest absolute Gasteiger partial charge is 0.243 e. The number of amides is 1. The summed E-state index contributed by atoms with van der Waals surface area (Å²) in [5.41, 5.74) is 5.14. The molecule has 1 unspecified atom stereocenters. The monoisotopic (exact) mass is 294 g/mol. The molecule has 0 bridgehead atoms. The quantitative estimate of drug-likeness (QED) is 0.814. The Labute approximate surface area is 113 Å². The molecule has 0 aliphatic carbocycles. The van der Waals surface area contributed by atoms with E-state index in [2.05, 4.69) is 0 Å². The summed E-state index contributed by atoms with van der Waals surface area (Å²) in [5.74, 6) is 0.971. The van der Waals surface area contributed by atoms with Gasteiger partial charge in [0.2, 0.25) is 5.91 Å². The molecule has 1 heterocycles. The minimum absolute atomic E-state index is 0.233. The van der Waals surface area contributed by atoms with E-state index in [1.807, 2.05) is 13.8 Å². The molecule has 1 rings (SSSR count). The summed E-state index contributed by atoms with van der Waals surface area (Å²) in [7, 11) is -3.27. The van der Waals surface area contributed by atoms with Gasteiger partial charge in [0.15, 0.2) is 9.84 Å². The number of hydrogen-bond acceptors (Lipinski definition) is 5. The van der Waals surface area contributed by atoms with Crippen LogP contribution in [0.5, 0.6) is 0 Å². The second-order valence-corrected chi connectivity index (χ2v) is 8.07. The summed E-state index contributed by atoms with van der Waals surface area (Å²) in [6.07, 6.45) is 2.21. The van der Waals surface area contributed by atoms with Gasteiger partial charge in [0.1, 0.15) is 5.37 Å². The number of hydrogen-bond donors (Lipinski definition) is 1. The first-order valence-corrected chi connectivity index (χ1v) is 9.23. The van der Waals surface area contributed by atoms with Gasteiger partial charge in [-0.2, -0.15) is 11.8 Å². The van der Waals surface area contributed by atoms with Gasteiger partial charge >= 0.3 is 0 Å². The van der Waals surface area contributed by atoms with Crippen LogP contribution in [0.15, 0.2) is 0 Å². The second kappa shape index (κ2) is 5.79. The highest BCUT2D eigenvalue weighted by molar-refractivity contribution is 8.00. The van der Waals surface area contributed by atoms with Crippen LogP contribution in [-0.4, -0.2) is 54.4 Å². The van der Waals surface area contributed by atoms with Gasteiger partial charge in [0.25, 0.3) is 0 Å². The summed E-state index contributed by atoms with van der Waals surface area (Å²) in [6.45, 7) is 4.17. The van der Waals surface area contributed by atoms with Gasteiger partial charge in [-0.3, -0.25) is 4.79 Å². The molecule has 1 aliphatic heterocycles. The minimum Gasteiger partial charge on any atom is -0.322 e. The van der Waals surface area contributed by atoms with Gasteiger partial charge in [0, 0.05) is 24.3 Å². The standard InChI is InChI=1S/C11H22N2O3S2/c1-4-11(12,5-2)10(14)13-6-7-17-8-9(13)18(3,15)16/h9H,4-8,12H2,1-3H3. The first-order chi connectivity index (χ1) is 8.26. The predicted octanol–water partition coefficient (Wildman–Crippen LogP) is 0.450. The number of nitrogens with zero attached hydrogens (tertiary/aromatic N) is 1. The lowest BCUT2D eigenvalue weighted by Gasteiger charge is -2.39. The molecule has 106 valence electrons. The zero-order valence-corrected chi connectivity index (χ0v) is 12.8. The maximum atomic E-state index is 12.5. The number of rotatable bonds is 4. The van der Waals surface area contributed by atoms with Gasteiger partial charge in [-0.15, -0.1) is 0 Å². The Morgan fingerprint density at radius 3 is 2.44 bits per heavy atom. The van der Waals surface area contributed by atoms with Crippen LogP contribution in [0.4, 0.5) is 0 Å². The lowest BCUT2D eigenvalue weighted by atomic mass is 9.92. The molecular weight excluding hydrogens is 272 g/mol. The van der Waals surface area contributed by atoms with Crippen LogP contribution < -0.4 is 5.73 Å². The molecule has 0 aromatic heterocycles. The van der Waals surface area contributed by atoms with E-state index in [1.165, 1.54) is 11.2 Å². The predicted molar refractivity (Wildman–Crippen MR) is 75.2 cm³/mol. The molecule has 1 fully saturated rings. The molecule has 0 aromatic carbocycles. The Kier molecular flexibility index (Phi) is 5.08. The summed E-state index contributed by atoms with van der Waals surface area (Å²) < 4.78 is 23.5. The van der Waals surface area contributed by atoms with Crippen LogP contribution >= 0.6 is 11.8 Å². The molecule has 0 aromatic rings. The van der Waals surface area contributed by atoms with Crippen molar-refractivity contribution in [2.45, 2.75) is 37.6 Å². The van der Waals surface area contributed by atoms with Crippen LogP contribution in [0.1, 0.15) is 26.7 Å². The van der Waals surface area contributed by atoms with Gasteiger partial charge < -0.3 is 10.6 Å². The first-order valence-electron chi connectivity index (χ1n) is 6.13. The molecule has 1 amide bonds. The third kappa shape index (κ3) is 3.19. The van der Waals surface area contributed by atoms with E-state index >= 15 is 0 Å². The maximum absolute atomic E-state index is 12.5. The first kappa shape index (κ1) is 15.8. The number of thioether (sulfide) groups is 1. The Hall–Kier alpha value is -0.270. The third-order valence-electron chi connectivity index (χ3n) is 3.53. The van der Waals surface area contributed by atoms with E-state index < -0.39 is 20.8 Å². The zero-order valence-electron chi connectivity index (χ0n) is 11.2. The topological polar surface area (TPSA) is 80.5 Å². The highest BCUT2D eigenvalue weighted by Crippen LogP contribution is 2.25. The SMILES string of the molecule is CCC(N)(CC)C(=O)N1CCSCC1S(C)(=O)=O. The van der Waals surface area contributed by atoms with Crippen LogP contribution in [0.3, 0.4) is 0 Å². The second-order valence-electron chi connectivity index (χ2n) is 4.72. The summed E-state index contributed by atoms with van der Waals surface area (Å²) in [5, 5.41) is -0.732. The van der Waals surface area contributed by atoms with Gasteiger partial charge in [0.05, 0.1) is 5.54 Å². The lowest BCUT2D eigenvalue weighted by molar-refractivity contribution is -0.137. The minimum atomic E-state index is -3.27. The van der Waals surface area contributed by atoms with E-state index in [9.17, 15) is 13.2 Å². The van der Waals surface area contributed by atoms with E-state index in [0.29, 0.717) is 25.1 Å². The zero-order chi connectivity index (χ0) is 14.0. The number of carbonyl (C=O) groups excluding carboxylic acids is 1. The van der Waals surface area contributed by atoms with E-state index in [0.717, 1.165) is 5.75 Å². The lowest BCUT2D eigenvalue weighted by Crippen LogP contribution is -2.60. The van der Waals surface area contributed by atoms with Crippen molar-refractivity contribution in [3.8, 4) is 0 Å². The van der Waals surface area contributed by atoms with Crippen molar-refractivity contribution in [3.63, 3.8) is 0 Å². The molecule has 18 heavy (non-hydrogen) atoms. The van der Waals surface area contributed by atoms with E-state index in [-0.39, 0.29) is 5.91 Å². The fraction of sp³-hybridized carbons (Fsp3) is 0.909. The molecule has 1 atom stereocenters. The number of sulfone groups is 1. The van der Waals surface area contributed by atoms with Crippen molar-refractivity contribution >= 4 is 27.5 Å². The summed E-state index contributed by atoms with van der Waals surface area (Å²) >= 11 is 1.56. The van der Waals surface area contributed by atoms with Gasteiger partial charge in [-0.25, -0.2) is 8.42 Å². The van der Waals surface area contributed by atoms with Crippen molar-refractivity contribution in [2.75, 3.05) is 24.3 Å². The van der Waals surface area contributed by atoms with Crippen molar-refractivity contribution in [3.05, 3.63) is 0 Å². The fourth-order valence-corrected chi connectivity index (χ4v) is 4.82. The van der Waals surface area contributed by atoms with Crippen LogP contribution in [0.2, 0.25) is 0 Å². The van der Waals surface area contributed by atoms with Gasteiger partial charge in [-0.1, -0.05) is 13.8 Å². The van der Waals surface area contributed by atoms with Gasteiger partial charge in [-0.05, 0) is 12.8 Å². The Morgan fingerprint density at radius 1 is 1.44 bits per heavy atom. The van der Waals surface area contributed by atoms with Crippen molar-refractivity contribution in [2.24, 2.45) is 5.73 Å². The summed E-state index contributed by atoms with van der Waals surface area (Å²) in [4.78, 5) is 13.9. The molecule has 5 nitrogen and oxygen atoms in total.